The Morgan fingerprint density at radius 3 is 2.56 bits per heavy atom. The number of tetrazole rings is 1. The number of nitrogens with zero attached hydrogens (tertiary/aromatic N) is 5. The van der Waals surface area contributed by atoms with Gasteiger partial charge in [-0.25, -0.2) is 9.07 Å². The SMILES string of the molecule is CCC(C)(C)n1nnnc1C(c1cc2c(C)cc(C)cc2[nH]c1=O)N(Cc1ccc(F)cc1)Cc1ccco1. The Morgan fingerprint density at radius 2 is 1.87 bits per heavy atom. The largest absolute Gasteiger partial charge is 0.468 e. The van der Waals surface area contributed by atoms with E-state index in [0.717, 1.165) is 39.8 Å². The van der Waals surface area contributed by atoms with Crippen LogP contribution in [-0.2, 0) is 18.6 Å². The van der Waals surface area contributed by atoms with Crippen LogP contribution in [0.3, 0.4) is 0 Å². The number of benzene rings is 2. The van der Waals surface area contributed by atoms with Gasteiger partial charge in [0.25, 0.3) is 5.56 Å². The molecule has 8 nitrogen and oxygen atoms in total. The molecule has 9 heteroatoms. The monoisotopic (exact) mass is 528 g/mol. The van der Waals surface area contributed by atoms with Gasteiger partial charge in [-0.2, -0.15) is 0 Å². The highest BCUT2D eigenvalue weighted by molar-refractivity contribution is 5.83. The highest BCUT2D eigenvalue weighted by atomic mass is 19.1. The summed E-state index contributed by atoms with van der Waals surface area (Å²) in [6.45, 7) is 11.0. The first kappa shape index (κ1) is 26.5. The number of aryl methyl sites for hydroxylation is 2. The van der Waals surface area contributed by atoms with Gasteiger partial charge in [0, 0.05) is 23.0 Å². The van der Waals surface area contributed by atoms with Gasteiger partial charge in [-0.15, -0.1) is 5.10 Å². The van der Waals surface area contributed by atoms with Crippen molar-refractivity contribution in [3.63, 3.8) is 0 Å². The zero-order chi connectivity index (χ0) is 27.7. The molecule has 1 atom stereocenters. The number of fused-ring (bicyclic) bond motifs is 1. The Bertz CT molecular complexity index is 1640. The Morgan fingerprint density at radius 1 is 1.10 bits per heavy atom. The Labute approximate surface area is 226 Å². The first-order chi connectivity index (χ1) is 18.7. The molecule has 0 aliphatic rings. The molecule has 0 aliphatic heterocycles. The highest BCUT2D eigenvalue weighted by Crippen LogP contribution is 2.33. The lowest BCUT2D eigenvalue weighted by Crippen LogP contribution is -2.38. The van der Waals surface area contributed by atoms with E-state index < -0.39 is 11.6 Å². The van der Waals surface area contributed by atoms with Gasteiger partial charge < -0.3 is 9.40 Å². The van der Waals surface area contributed by atoms with Crippen LogP contribution in [0.25, 0.3) is 10.9 Å². The zero-order valence-electron chi connectivity index (χ0n) is 22.9. The maximum Gasteiger partial charge on any atom is 0.253 e. The van der Waals surface area contributed by atoms with E-state index in [0.29, 0.717) is 24.5 Å². The molecule has 1 N–H and O–H groups in total. The van der Waals surface area contributed by atoms with Crippen LogP contribution in [0.2, 0.25) is 0 Å². The quantitative estimate of drug-likeness (QED) is 0.260. The molecule has 0 aliphatic carbocycles. The fraction of sp³-hybridized carbons (Fsp3) is 0.333. The van der Waals surface area contributed by atoms with E-state index in [9.17, 15) is 9.18 Å². The van der Waals surface area contributed by atoms with E-state index >= 15 is 0 Å². The first-order valence-corrected chi connectivity index (χ1v) is 13.1. The average molecular weight is 529 g/mol. The van der Waals surface area contributed by atoms with Gasteiger partial charge in [0.05, 0.1) is 18.3 Å². The van der Waals surface area contributed by atoms with Crippen molar-refractivity contribution in [1.82, 2.24) is 30.1 Å². The minimum atomic E-state index is -0.630. The summed E-state index contributed by atoms with van der Waals surface area (Å²) in [7, 11) is 0. The molecule has 0 saturated heterocycles. The number of nitrogens with one attached hydrogen (secondary N) is 1. The van der Waals surface area contributed by atoms with Crippen molar-refractivity contribution in [1.29, 1.82) is 0 Å². The van der Waals surface area contributed by atoms with Crippen LogP contribution in [0.1, 0.15) is 67.1 Å². The summed E-state index contributed by atoms with van der Waals surface area (Å²) in [5.74, 6) is 0.961. The minimum Gasteiger partial charge on any atom is -0.468 e. The smallest absolute Gasteiger partial charge is 0.253 e. The third kappa shape index (κ3) is 5.40. The van der Waals surface area contributed by atoms with Crippen molar-refractivity contribution in [3.8, 4) is 0 Å². The van der Waals surface area contributed by atoms with Crippen molar-refractivity contribution in [2.45, 2.75) is 65.7 Å². The van der Waals surface area contributed by atoms with Gasteiger partial charge in [-0.3, -0.25) is 9.69 Å². The molecule has 0 bridgehead atoms. The number of furan rings is 1. The number of halogens is 1. The Balaban J connectivity index is 1.75. The molecule has 0 saturated carbocycles. The summed E-state index contributed by atoms with van der Waals surface area (Å²) in [6.07, 6.45) is 2.40. The lowest BCUT2D eigenvalue weighted by Gasteiger charge is -2.33. The van der Waals surface area contributed by atoms with Crippen molar-refractivity contribution < 1.29 is 8.81 Å². The van der Waals surface area contributed by atoms with Crippen LogP contribution >= 0.6 is 0 Å². The number of aromatic nitrogens is 5. The lowest BCUT2D eigenvalue weighted by atomic mass is 9.97. The number of hydrogen-bond acceptors (Lipinski definition) is 6. The maximum absolute atomic E-state index is 13.8. The fourth-order valence-electron chi connectivity index (χ4n) is 5.00. The second-order valence-electron chi connectivity index (χ2n) is 10.7. The van der Waals surface area contributed by atoms with Gasteiger partial charge in [0.1, 0.15) is 17.6 Å². The normalized spacial score (nSPS) is 12.9. The standard InChI is InChI=1S/C30H33FN6O2/c1-6-30(4,5)37-28(33-34-35-37)27(25-16-24-20(3)14-19(2)15-26(24)32-29(25)38)36(18-23-8-7-13-39-23)17-21-9-11-22(31)12-10-21/h7-16,27H,6,17-18H2,1-5H3,(H,32,38). The fourth-order valence-corrected chi connectivity index (χ4v) is 5.00. The van der Waals surface area contributed by atoms with Crippen LogP contribution < -0.4 is 5.56 Å². The van der Waals surface area contributed by atoms with Crippen molar-refractivity contribution in [2.75, 3.05) is 0 Å². The molecule has 0 radical (unpaired) electrons. The summed E-state index contributed by atoms with van der Waals surface area (Å²) < 4.78 is 21.3. The number of H-pyrrole nitrogens is 1. The van der Waals surface area contributed by atoms with Gasteiger partial charge in [0.2, 0.25) is 0 Å². The van der Waals surface area contributed by atoms with E-state index in [2.05, 4.69) is 52.2 Å². The van der Waals surface area contributed by atoms with Gasteiger partial charge in [0.15, 0.2) is 5.82 Å². The summed E-state index contributed by atoms with van der Waals surface area (Å²) in [5.41, 5.74) is 3.70. The topological polar surface area (TPSA) is 92.8 Å². The second-order valence-corrected chi connectivity index (χ2v) is 10.7. The van der Waals surface area contributed by atoms with Gasteiger partial charge in [-0.1, -0.05) is 25.1 Å². The molecular formula is C30H33FN6O2. The molecule has 5 aromatic rings. The summed E-state index contributed by atoms with van der Waals surface area (Å²) in [5, 5.41) is 13.9. The molecule has 5 rings (SSSR count). The third-order valence-corrected chi connectivity index (χ3v) is 7.42. The molecule has 2 aromatic carbocycles. The molecule has 0 fully saturated rings. The number of hydrogen-bond donors (Lipinski definition) is 1. The highest BCUT2D eigenvalue weighted by Gasteiger charge is 2.35. The van der Waals surface area contributed by atoms with Crippen LogP contribution in [0, 0.1) is 19.7 Å². The second kappa shape index (κ2) is 10.6. The predicted octanol–water partition coefficient (Wildman–Crippen LogP) is 5.80. The minimum absolute atomic E-state index is 0.218. The molecule has 202 valence electrons. The summed E-state index contributed by atoms with van der Waals surface area (Å²) >= 11 is 0. The molecule has 39 heavy (non-hydrogen) atoms. The van der Waals surface area contributed by atoms with Crippen LogP contribution in [0.15, 0.2) is 70.1 Å². The molecular weight excluding hydrogens is 495 g/mol. The van der Waals surface area contributed by atoms with Crippen LogP contribution in [-0.4, -0.2) is 30.1 Å². The van der Waals surface area contributed by atoms with Crippen molar-refractivity contribution >= 4 is 10.9 Å². The summed E-state index contributed by atoms with van der Waals surface area (Å²) in [6, 6.07) is 15.5. The zero-order valence-corrected chi connectivity index (χ0v) is 22.9. The number of pyridine rings is 1. The first-order valence-electron chi connectivity index (χ1n) is 13.1. The van der Waals surface area contributed by atoms with E-state index in [-0.39, 0.29) is 11.4 Å². The number of rotatable bonds is 9. The number of aromatic amines is 1. The van der Waals surface area contributed by atoms with E-state index in [1.165, 1.54) is 12.1 Å². The summed E-state index contributed by atoms with van der Waals surface area (Å²) in [4.78, 5) is 19.0. The van der Waals surface area contributed by atoms with Gasteiger partial charge in [-0.05, 0) is 97.6 Å². The van der Waals surface area contributed by atoms with Crippen LogP contribution in [0.5, 0.6) is 0 Å². The molecule has 3 aromatic heterocycles. The van der Waals surface area contributed by atoms with E-state index in [1.807, 2.05) is 42.8 Å². The van der Waals surface area contributed by atoms with E-state index in [1.54, 1.807) is 18.4 Å². The third-order valence-electron chi connectivity index (χ3n) is 7.42. The molecule has 3 heterocycles. The molecule has 0 amide bonds. The van der Waals surface area contributed by atoms with E-state index in [4.69, 9.17) is 4.42 Å². The maximum atomic E-state index is 13.8. The predicted molar refractivity (Wildman–Crippen MR) is 148 cm³/mol. The Hall–Kier alpha value is -4.11. The molecule has 0 spiro atoms. The van der Waals surface area contributed by atoms with Crippen LogP contribution in [0.4, 0.5) is 4.39 Å². The average Bonchev–Trinajstić information content (AvgIpc) is 3.59. The lowest BCUT2D eigenvalue weighted by molar-refractivity contribution is 0.168. The Kier molecular flexibility index (Phi) is 7.18. The molecule has 1 unspecified atom stereocenters. The van der Waals surface area contributed by atoms with Crippen molar-refractivity contribution in [3.05, 3.63) is 111 Å². The van der Waals surface area contributed by atoms with Crippen molar-refractivity contribution in [2.24, 2.45) is 0 Å². The van der Waals surface area contributed by atoms with Gasteiger partial charge >= 0.3 is 0 Å².